The smallest absolute Gasteiger partial charge is 0.281 e. The van der Waals surface area contributed by atoms with E-state index in [1.165, 1.54) is 4.68 Å². The maximum atomic E-state index is 12.8. The number of carbonyl (C=O) groups excluding carboxylic acids is 1. The predicted octanol–water partition coefficient (Wildman–Crippen LogP) is 2.48. The summed E-state index contributed by atoms with van der Waals surface area (Å²) < 4.78 is 1.49. The number of pyridine rings is 1. The van der Waals surface area contributed by atoms with Crippen LogP contribution in [0, 0.1) is 5.92 Å². The minimum absolute atomic E-state index is 0.0787. The second kappa shape index (κ2) is 4.66. The van der Waals surface area contributed by atoms with E-state index < -0.39 is 0 Å². The van der Waals surface area contributed by atoms with Crippen LogP contribution in [0.15, 0.2) is 41.3 Å². The Morgan fingerprint density at radius 3 is 2.73 bits per heavy atom. The molecule has 0 saturated heterocycles. The van der Waals surface area contributed by atoms with Gasteiger partial charge in [0.25, 0.3) is 5.56 Å². The number of nitrogens with zero attached hydrogens (tertiary/aromatic N) is 2. The molecule has 0 saturated carbocycles. The molecule has 1 aromatic carbocycles. The predicted molar refractivity (Wildman–Crippen MR) is 83.5 cm³/mol. The Hall–Kier alpha value is -2.69. The van der Waals surface area contributed by atoms with Crippen LogP contribution in [0.25, 0.3) is 16.7 Å². The highest BCUT2D eigenvalue weighted by atomic mass is 16.1. The molecule has 110 valence electrons. The number of aromatic nitrogens is 3. The highest BCUT2D eigenvalue weighted by Gasteiger charge is 2.27. The van der Waals surface area contributed by atoms with E-state index in [0.29, 0.717) is 23.0 Å². The molecule has 2 aromatic heterocycles. The molecule has 0 bridgehead atoms. The normalized spacial score (nSPS) is 17.7. The van der Waals surface area contributed by atoms with Gasteiger partial charge in [-0.05, 0) is 30.0 Å². The van der Waals surface area contributed by atoms with Gasteiger partial charge < -0.3 is 0 Å². The van der Waals surface area contributed by atoms with Crippen LogP contribution >= 0.6 is 0 Å². The average Bonchev–Trinajstić information content (AvgIpc) is 2.85. The Bertz CT molecular complexity index is 938. The molecule has 22 heavy (non-hydrogen) atoms. The van der Waals surface area contributed by atoms with Gasteiger partial charge in [-0.15, -0.1) is 0 Å². The second-order valence-electron chi connectivity index (χ2n) is 5.90. The molecule has 5 heteroatoms. The van der Waals surface area contributed by atoms with Gasteiger partial charge in [0.1, 0.15) is 0 Å². The quantitative estimate of drug-likeness (QED) is 0.749. The van der Waals surface area contributed by atoms with E-state index in [-0.39, 0.29) is 17.3 Å². The van der Waals surface area contributed by atoms with Crippen LogP contribution in [0.5, 0.6) is 0 Å². The second-order valence-corrected chi connectivity index (χ2v) is 5.90. The maximum Gasteiger partial charge on any atom is 0.281 e. The van der Waals surface area contributed by atoms with Crippen LogP contribution in [0.2, 0.25) is 0 Å². The van der Waals surface area contributed by atoms with Crippen LogP contribution < -0.4 is 5.56 Å². The van der Waals surface area contributed by atoms with Crippen LogP contribution in [0.4, 0.5) is 0 Å². The van der Waals surface area contributed by atoms with Gasteiger partial charge in [0.2, 0.25) is 0 Å². The molecular formula is C17H15N3O2. The highest BCUT2D eigenvalue weighted by molar-refractivity contribution is 6.02. The third-order valence-corrected chi connectivity index (χ3v) is 4.22. The molecule has 1 aliphatic carbocycles. The fourth-order valence-electron chi connectivity index (χ4n) is 3.19. The van der Waals surface area contributed by atoms with Crippen molar-refractivity contribution in [3.63, 3.8) is 0 Å². The fraction of sp³-hybridized carbons (Fsp3) is 0.235. The maximum absolute atomic E-state index is 12.8. The van der Waals surface area contributed by atoms with Crippen molar-refractivity contribution in [1.82, 2.24) is 14.8 Å². The van der Waals surface area contributed by atoms with E-state index in [9.17, 15) is 9.59 Å². The Labute approximate surface area is 126 Å². The zero-order valence-corrected chi connectivity index (χ0v) is 12.2. The molecule has 4 rings (SSSR count). The number of nitrogens with one attached hydrogen (secondary N) is 1. The first-order valence-electron chi connectivity index (χ1n) is 7.36. The number of ketones is 1. The van der Waals surface area contributed by atoms with Gasteiger partial charge in [0, 0.05) is 18.2 Å². The van der Waals surface area contributed by atoms with Gasteiger partial charge in [-0.1, -0.05) is 25.1 Å². The van der Waals surface area contributed by atoms with Gasteiger partial charge in [-0.2, -0.15) is 0 Å². The van der Waals surface area contributed by atoms with Crippen molar-refractivity contribution < 1.29 is 4.79 Å². The summed E-state index contributed by atoms with van der Waals surface area (Å²) in [6, 6.07) is 9.37. The van der Waals surface area contributed by atoms with Gasteiger partial charge in [0.05, 0.1) is 11.1 Å². The van der Waals surface area contributed by atoms with E-state index in [0.717, 1.165) is 17.7 Å². The third-order valence-electron chi connectivity index (χ3n) is 4.22. The molecule has 0 unspecified atom stereocenters. The minimum Gasteiger partial charge on any atom is -0.294 e. The van der Waals surface area contributed by atoms with Gasteiger partial charge in [-0.3, -0.25) is 14.7 Å². The number of aromatic amines is 1. The molecule has 1 aliphatic rings. The molecule has 0 aliphatic heterocycles. The standard InChI is InChI=1S/C17H15N3O2/c1-10-7-12-13(14(21)8-10)9-18-16-15(12)17(22)20(19-16)11-5-3-2-4-6-11/h2-6,9-10H,7-8H2,1H3,(H,18,19)/t10-/m0/s1. The Kier molecular flexibility index (Phi) is 2.76. The summed E-state index contributed by atoms with van der Waals surface area (Å²) in [5, 5.41) is 3.58. The van der Waals surface area contributed by atoms with Crippen molar-refractivity contribution in [3.8, 4) is 5.69 Å². The summed E-state index contributed by atoms with van der Waals surface area (Å²) in [6.07, 6.45) is 2.86. The number of rotatable bonds is 1. The van der Waals surface area contributed by atoms with Crippen LogP contribution in [0.3, 0.4) is 0 Å². The lowest BCUT2D eigenvalue weighted by Gasteiger charge is -2.19. The largest absolute Gasteiger partial charge is 0.294 e. The fourth-order valence-corrected chi connectivity index (χ4v) is 3.19. The lowest BCUT2D eigenvalue weighted by atomic mass is 9.84. The summed E-state index contributed by atoms with van der Waals surface area (Å²) >= 11 is 0. The van der Waals surface area contributed by atoms with Crippen molar-refractivity contribution in [2.45, 2.75) is 19.8 Å². The van der Waals surface area contributed by atoms with Crippen molar-refractivity contribution in [2.24, 2.45) is 5.92 Å². The van der Waals surface area contributed by atoms with E-state index in [1.807, 2.05) is 37.3 Å². The number of carbonyl (C=O) groups is 1. The number of H-pyrrole nitrogens is 1. The summed E-state index contributed by atoms with van der Waals surface area (Å²) in [4.78, 5) is 29.2. The molecule has 0 amide bonds. The summed E-state index contributed by atoms with van der Waals surface area (Å²) in [5.74, 6) is 0.333. The zero-order valence-electron chi connectivity index (χ0n) is 12.2. The van der Waals surface area contributed by atoms with Crippen LogP contribution in [0.1, 0.15) is 29.3 Å². The topological polar surface area (TPSA) is 67.8 Å². The molecule has 5 nitrogen and oxygen atoms in total. The number of fused-ring (bicyclic) bond motifs is 3. The summed E-state index contributed by atoms with van der Waals surface area (Å²) in [7, 11) is 0. The number of benzene rings is 1. The molecule has 3 aromatic rings. The molecule has 0 spiro atoms. The van der Waals surface area contributed by atoms with E-state index in [2.05, 4.69) is 10.1 Å². The van der Waals surface area contributed by atoms with Gasteiger partial charge >= 0.3 is 0 Å². The first-order valence-corrected chi connectivity index (χ1v) is 7.36. The minimum atomic E-state index is -0.146. The first-order chi connectivity index (χ1) is 10.6. The van der Waals surface area contributed by atoms with Gasteiger partial charge in [0.15, 0.2) is 11.4 Å². The molecule has 2 heterocycles. The SMILES string of the molecule is C[C@@H]1CC(=O)c2cnc3[nH]n(-c4ccccc4)c(=O)c3c2C1. The zero-order chi connectivity index (χ0) is 15.3. The van der Waals surface area contributed by atoms with Gasteiger partial charge in [-0.25, -0.2) is 9.67 Å². The molecule has 0 fully saturated rings. The number of para-hydroxylation sites is 1. The van der Waals surface area contributed by atoms with Crippen molar-refractivity contribution in [3.05, 3.63) is 58.0 Å². The van der Waals surface area contributed by atoms with Crippen molar-refractivity contribution in [2.75, 3.05) is 0 Å². The Morgan fingerprint density at radius 2 is 1.95 bits per heavy atom. The number of Topliss-reactive ketones (excluding diaryl/α,β-unsaturated/α-hetero) is 1. The van der Waals surface area contributed by atoms with Crippen LogP contribution in [-0.4, -0.2) is 20.5 Å². The molecule has 1 N–H and O–H groups in total. The Morgan fingerprint density at radius 1 is 1.18 bits per heavy atom. The van der Waals surface area contributed by atoms with E-state index >= 15 is 0 Å². The number of hydrogen-bond acceptors (Lipinski definition) is 3. The summed E-state index contributed by atoms with van der Waals surface area (Å²) in [6.45, 7) is 2.04. The molecule has 1 atom stereocenters. The molecule has 0 radical (unpaired) electrons. The third kappa shape index (κ3) is 1.82. The lowest BCUT2D eigenvalue weighted by molar-refractivity contribution is 0.0953. The van der Waals surface area contributed by atoms with Crippen molar-refractivity contribution >= 4 is 16.8 Å². The highest BCUT2D eigenvalue weighted by Crippen LogP contribution is 2.28. The first kappa shape index (κ1) is 13.0. The lowest BCUT2D eigenvalue weighted by Crippen LogP contribution is -2.21. The number of hydrogen-bond donors (Lipinski definition) is 1. The average molecular weight is 293 g/mol. The summed E-state index contributed by atoms with van der Waals surface area (Å²) in [5.41, 5.74) is 2.59. The van der Waals surface area contributed by atoms with Crippen molar-refractivity contribution in [1.29, 1.82) is 0 Å². The monoisotopic (exact) mass is 293 g/mol. The van der Waals surface area contributed by atoms with Crippen LogP contribution in [-0.2, 0) is 6.42 Å². The Balaban J connectivity index is 2.03. The molecular weight excluding hydrogens is 278 g/mol. The van der Waals surface area contributed by atoms with E-state index in [4.69, 9.17) is 0 Å². The van der Waals surface area contributed by atoms with E-state index in [1.54, 1.807) is 6.20 Å².